The van der Waals surface area contributed by atoms with Crippen molar-refractivity contribution in [1.82, 2.24) is 5.48 Å². The molecule has 0 aliphatic carbocycles. The van der Waals surface area contributed by atoms with Crippen molar-refractivity contribution < 1.29 is 5.21 Å². The minimum absolute atomic E-state index is 0.0324. The van der Waals surface area contributed by atoms with Crippen LogP contribution in [0.25, 0.3) is 0 Å². The second-order valence-electron chi connectivity index (χ2n) is 3.24. The third kappa shape index (κ3) is 2.74. The Labute approximate surface area is 83.4 Å². The van der Waals surface area contributed by atoms with Gasteiger partial charge < -0.3 is 5.73 Å². The van der Waals surface area contributed by atoms with Crippen LogP contribution < -0.4 is 11.2 Å². The fourth-order valence-electron chi connectivity index (χ4n) is 1.23. The molecule has 0 saturated carbocycles. The van der Waals surface area contributed by atoms with Crippen molar-refractivity contribution >= 4 is 5.96 Å². The summed E-state index contributed by atoms with van der Waals surface area (Å²) in [5, 5.41) is 8.42. The predicted octanol–water partition coefficient (Wildman–Crippen LogP) is 1.10. The van der Waals surface area contributed by atoms with Gasteiger partial charge in [0.2, 0.25) is 5.96 Å². The molecule has 0 atom stereocenters. The second kappa shape index (κ2) is 4.62. The summed E-state index contributed by atoms with van der Waals surface area (Å²) in [6.45, 7) is 4.55. The van der Waals surface area contributed by atoms with E-state index < -0.39 is 0 Å². The van der Waals surface area contributed by atoms with Crippen LogP contribution in [-0.2, 0) is 6.54 Å². The average molecular weight is 193 g/mol. The normalized spacial score (nSPS) is 11.5. The zero-order chi connectivity index (χ0) is 10.6. The van der Waals surface area contributed by atoms with Crippen LogP contribution in [0.1, 0.15) is 16.7 Å². The number of benzene rings is 1. The van der Waals surface area contributed by atoms with Gasteiger partial charge in [0, 0.05) is 0 Å². The number of hydroxylamine groups is 1. The smallest absolute Gasteiger partial charge is 0.213 e. The first-order chi connectivity index (χ1) is 6.63. The molecule has 0 saturated heterocycles. The third-order valence-electron chi connectivity index (χ3n) is 2.03. The SMILES string of the molecule is Cc1ccc(CN=C(N)NO)c(C)c1. The molecule has 0 heterocycles. The summed E-state index contributed by atoms with van der Waals surface area (Å²) in [5.74, 6) is 0.0324. The van der Waals surface area contributed by atoms with Crippen molar-refractivity contribution in [2.45, 2.75) is 20.4 Å². The fourth-order valence-corrected chi connectivity index (χ4v) is 1.23. The maximum absolute atomic E-state index is 8.42. The molecule has 0 aromatic heterocycles. The summed E-state index contributed by atoms with van der Waals surface area (Å²) in [7, 11) is 0. The molecule has 0 unspecified atom stereocenters. The van der Waals surface area contributed by atoms with Crippen molar-refractivity contribution in [1.29, 1.82) is 0 Å². The largest absolute Gasteiger partial charge is 0.368 e. The summed E-state index contributed by atoms with van der Waals surface area (Å²) in [6.07, 6.45) is 0. The lowest BCUT2D eigenvalue weighted by molar-refractivity contribution is 0.232. The molecule has 4 heteroatoms. The van der Waals surface area contributed by atoms with E-state index in [2.05, 4.69) is 11.1 Å². The highest BCUT2D eigenvalue weighted by Gasteiger charge is 1.97. The van der Waals surface area contributed by atoms with Gasteiger partial charge in [0.15, 0.2) is 0 Å². The predicted molar refractivity (Wildman–Crippen MR) is 56.2 cm³/mol. The second-order valence-corrected chi connectivity index (χ2v) is 3.24. The summed E-state index contributed by atoms with van der Waals surface area (Å²) < 4.78 is 0. The zero-order valence-electron chi connectivity index (χ0n) is 8.41. The van der Waals surface area contributed by atoms with Gasteiger partial charge in [-0.2, -0.15) is 0 Å². The minimum atomic E-state index is 0.0324. The van der Waals surface area contributed by atoms with Crippen LogP contribution in [0, 0.1) is 13.8 Å². The van der Waals surface area contributed by atoms with Gasteiger partial charge in [-0.25, -0.2) is 10.5 Å². The van der Waals surface area contributed by atoms with Gasteiger partial charge in [-0.1, -0.05) is 23.8 Å². The quantitative estimate of drug-likeness (QED) is 0.374. The summed E-state index contributed by atoms with van der Waals surface area (Å²) in [5.41, 5.74) is 10.6. The van der Waals surface area contributed by atoms with Crippen LogP contribution in [0.3, 0.4) is 0 Å². The first kappa shape index (κ1) is 10.5. The van der Waals surface area contributed by atoms with E-state index >= 15 is 0 Å². The molecule has 4 nitrogen and oxygen atoms in total. The highest BCUT2D eigenvalue weighted by Crippen LogP contribution is 2.11. The van der Waals surface area contributed by atoms with Crippen molar-refractivity contribution in [3.63, 3.8) is 0 Å². The van der Waals surface area contributed by atoms with Crippen LogP contribution in [0.5, 0.6) is 0 Å². The van der Waals surface area contributed by atoms with E-state index in [-0.39, 0.29) is 5.96 Å². The Hall–Kier alpha value is -1.55. The van der Waals surface area contributed by atoms with Gasteiger partial charge in [0.25, 0.3) is 0 Å². The molecule has 0 amide bonds. The van der Waals surface area contributed by atoms with E-state index in [1.54, 1.807) is 5.48 Å². The number of nitrogens with zero attached hydrogens (tertiary/aromatic N) is 1. The standard InChI is InChI=1S/C10H15N3O/c1-7-3-4-9(8(2)5-7)6-12-10(11)13-14/h3-5,14H,6H2,1-2H3,(H3,11,12,13). The Morgan fingerprint density at radius 1 is 1.50 bits per heavy atom. The van der Waals surface area contributed by atoms with Crippen LogP contribution in [0.4, 0.5) is 0 Å². The van der Waals surface area contributed by atoms with Crippen molar-refractivity contribution in [2.75, 3.05) is 0 Å². The van der Waals surface area contributed by atoms with E-state index in [4.69, 9.17) is 10.9 Å². The highest BCUT2D eigenvalue weighted by atomic mass is 16.5. The molecule has 0 bridgehead atoms. The van der Waals surface area contributed by atoms with E-state index in [1.807, 2.05) is 26.0 Å². The van der Waals surface area contributed by atoms with E-state index in [0.717, 1.165) is 5.56 Å². The van der Waals surface area contributed by atoms with Gasteiger partial charge >= 0.3 is 0 Å². The van der Waals surface area contributed by atoms with Gasteiger partial charge in [-0.05, 0) is 25.0 Å². The number of hydrogen-bond acceptors (Lipinski definition) is 2. The summed E-state index contributed by atoms with van der Waals surface area (Å²) in [4.78, 5) is 3.94. The van der Waals surface area contributed by atoms with Gasteiger partial charge in [0.1, 0.15) is 0 Å². The molecular formula is C10H15N3O. The van der Waals surface area contributed by atoms with E-state index in [9.17, 15) is 0 Å². The van der Waals surface area contributed by atoms with Crippen LogP contribution in [0.2, 0.25) is 0 Å². The molecule has 0 radical (unpaired) electrons. The van der Waals surface area contributed by atoms with Crippen molar-refractivity contribution in [3.8, 4) is 0 Å². The molecule has 0 aliphatic heterocycles. The number of aryl methyl sites for hydroxylation is 2. The molecular weight excluding hydrogens is 178 g/mol. The van der Waals surface area contributed by atoms with Gasteiger partial charge in [0.05, 0.1) is 6.54 Å². The maximum atomic E-state index is 8.42. The van der Waals surface area contributed by atoms with Gasteiger partial charge in [-0.15, -0.1) is 0 Å². The van der Waals surface area contributed by atoms with E-state index in [1.165, 1.54) is 11.1 Å². The topological polar surface area (TPSA) is 70.6 Å². The lowest BCUT2D eigenvalue weighted by atomic mass is 10.1. The zero-order valence-corrected chi connectivity index (χ0v) is 8.41. The molecule has 1 aromatic carbocycles. The molecule has 1 aromatic rings. The summed E-state index contributed by atoms with van der Waals surface area (Å²) >= 11 is 0. The Morgan fingerprint density at radius 2 is 2.21 bits per heavy atom. The molecule has 4 N–H and O–H groups in total. The van der Waals surface area contributed by atoms with Crippen LogP contribution in [-0.4, -0.2) is 11.2 Å². The molecule has 1 rings (SSSR count). The Bertz CT molecular complexity index is 347. The Balaban J connectivity index is 2.77. The maximum Gasteiger partial charge on any atom is 0.213 e. The van der Waals surface area contributed by atoms with Gasteiger partial charge in [-0.3, -0.25) is 5.21 Å². The third-order valence-corrected chi connectivity index (χ3v) is 2.03. The van der Waals surface area contributed by atoms with Crippen LogP contribution in [0.15, 0.2) is 23.2 Å². The molecule has 0 fully saturated rings. The number of rotatable bonds is 2. The number of hydrogen-bond donors (Lipinski definition) is 3. The van der Waals surface area contributed by atoms with E-state index in [0.29, 0.717) is 6.54 Å². The molecule has 14 heavy (non-hydrogen) atoms. The van der Waals surface area contributed by atoms with Crippen molar-refractivity contribution in [3.05, 3.63) is 34.9 Å². The van der Waals surface area contributed by atoms with Crippen molar-refractivity contribution in [2.24, 2.45) is 10.7 Å². The van der Waals surface area contributed by atoms with Crippen LogP contribution >= 0.6 is 0 Å². The lowest BCUT2D eigenvalue weighted by Gasteiger charge is -2.04. The first-order valence-electron chi connectivity index (χ1n) is 4.39. The Kier molecular flexibility index (Phi) is 3.48. The first-order valence-corrected chi connectivity index (χ1v) is 4.39. The number of nitrogens with one attached hydrogen (secondary N) is 1. The number of nitrogens with two attached hydrogens (primary N) is 1. The average Bonchev–Trinajstić information content (AvgIpc) is 2.16. The molecule has 76 valence electrons. The monoisotopic (exact) mass is 193 g/mol. The number of aliphatic imine (C=N–C) groups is 1. The molecule has 0 aliphatic rings. The molecule has 0 spiro atoms. The lowest BCUT2D eigenvalue weighted by Crippen LogP contribution is -2.28. The number of guanidine groups is 1. The summed E-state index contributed by atoms with van der Waals surface area (Å²) in [6, 6.07) is 6.13. The fraction of sp³-hybridized carbons (Fsp3) is 0.300. The Morgan fingerprint density at radius 3 is 2.79 bits per heavy atom. The highest BCUT2D eigenvalue weighted by molar-refractivity contribution is 5.76. The minimum Gasteiger partial charge on any atom is -0.368 e.